The third-order valence-electron chi connectivity index (χ3n) is 3.16. The van der Waals surface area contributed by atoms with E-state index in [0.717, 1.165) is 0 Å². The highest BCUT2D eigenvalue weighted by molar-refractivity contribution is 7.13. The Balaban J connectivity index is 2.00. The smallest absolute Gasteiger partial charge is 0.341 e. The van der Waals surface area contributed by atoms with Gasteiger partial charge in [-0.1, -0.05) is 18.2 Å². The summed E-state index contributed by atoms with van der Waals surface area (Å²) in [6, 6.07) is 8.68. The molecule has 3 N–H and O–H groups in total. The lowest BCUT2D eigenvalue weighted by atomic mass is 10.2. The second kappa shape index (κ2) is 6.55. The van der Waals surface area contributed by atoms with E-state index in [9.17, 15) is 14.7 Å². The molecule has 0 bridgehead atoms. The minimum absolute atomic E-state index is 0.0655. The van der Waals surface area contributed by atoms with Crippen LogP contribution in [0.25, 0.3) is 0 Å². The van der Waals surface area contributed by atoms with Gasteiger partial charge in [0.1, 0.15) is 11.3 Å². The Morgan fingerprint density at radius 2 is 2.04 bits per heavy atom. The average Bonchev–Trinajstić information content (AvgIpc) is 2.96. The SMILES string of the molecule is Nc1nc(Cn2cc(Oc3ccccc3)c(=O)c(C(=O)O)c2)cs1. The first kappa shape index (κ1) is 15.8. The number of carboxylic acids is 1. The van der Waals surface area contributed by atoms with Crippen LogP contribution in [0.4, 0.5) is 5.13 Å². The number of nitrogens with two attached hydrogens (primary N) is 1. The van der Waals surface area contributed by atoms with Crippen molar-refractivity contribution in [2.45, 2.75) is 6.54 Å². The number of benzene rings is 1. The Hall–Kier alpha value is -3.13. The second-order valence-corrected chi connectivity index (χ2v) is 5.82. The van der Waals surface area contributed by atoms with E-state index in [2.05, 4.69) is 4.98 Å². The highest BCUT2D eigenvalue weighted by atomic mass is 32.1. The summed E-state index contributed by atoms with van der Waals surface area (Å²) in [5.74, 6) is -0.934. The van der Waals surface area contributed by atoms with E-state index in [1.807, 2.05) is 6.07 Å². The Bertz CT molecular complexity index is 934. The van der Waals surface area contributed by atoms with E-state index >= 15 is 0 Å². The molecule has 0 saturated heterocycles. The largest absolute Gasteiger partial charge is 0.477 e. The molecule has 24 heavy (non-hydrogen) atoms. The summed E-state index contributed by atoms with van der Waals surface area (Å²) in [5.41, 5.74) is 5.22. The van der Waals surface area contributed by atoms with E-state index in [4.69, 9.17) is 10.5 Å². The van der Waals surface area contributed by atoms with Gasteiger partial charge < -0.3 is 20.1 Å². The maximum atomic E-state index is 12.3. The van der Waals surface area contributed by atoms with Gasteiger partial charge in [0.25, 0.3) is 0 Å². The van der Waals surface area contributed by atoms with Gasteiger partial charge >= 0.3 is 5.97 Å². The number of aromatic carboxylic acids is 1. The molecule has 122 valence electrons. The molecular formula is C16H13N3O4S. The fourth-order valence-electron chi connectivity index (χ4n) is 2.12. The van der Waals surface area contributed by atoms with Crippen molar-refractivity contribution in [1.29, 1.82) is 0 Å². The molecule has 0 aliphatic heterocycles. The van der Waals surface area contributed by atoms with Crippen LogP contribution in [0.5, 0.6) is 11.5 Å². The van der Waals surface area contributed by atoms with Crippen LogP contribution in [0, 0.1) is 0 Å². The first-order chi connectivity index (χ1) is 11.5. The Kier molecular flexibility index (Phi) is 4.30. The van der Waals surface area contributed by atoms with E-state index in [1.165, 1.54) is 28.3 Å². The van der Waals surface area contributed by atoms with Gasteiger partial charge in [0.05, 0.1) is 18.4 Å². The Morgan fingerprint density at radius 1 is 1.29 bits per heavy atom. The number of nitrogens with zero attached hydrogens (tertiary/aromatic N) is 2. The van der Waals surface area contributed by atoms with Gasteiger partial charge in [-0.05, 0) is 12.1 Å². The molecule has 0 aliphatic rings. The summed E-state index contributed by atoms with van der Waals surface area (Å²) in [6.07, 6.45) is 2.72. The summed E-state index contributed by atoms with van der Waals surface area (Å²) in [4.78, 5) is 27.7. The monoisotopic (exact) mass is 343 g/mol. The zero-order valence-corrected chi connectivity index (χ0v) is 13.2. The minimum atomic E-state index is -1.31. The van der Waals surface area contributed by atoms with Gasteiger partial charge in [-0.2, -0.15) is 0 Å². The predicted molar refractivity (Wildman–Crippen MR) is 89.8 cm³/mol. The zero-order chi connectivity index (χ0) is 17.1. The molecule has 3 aromatic rings. The molecular weight excluding hydrogens is 330 g/mol. The normalized spacial score (nSPS) is 10.5. The Morgan fingerprint density at radius 3 is 2.67 bits per heavy atom. The molecule has 0 radical (unpaired) electrons. The molecule has 8 heteroatoms. The molecule has 2 aromatic heterocycles. The van der Waals surface area contributed by atoms with Gasteiger partial charge in [-0.25, -0.2) is 9.78 Å². The Labute approximate surface area is 140 Å². The quantitative estimate of drug-likeness (QED) is 0.737. The summed E-state index contributed by atoms with van der Waals surface area (Å²) >= 11 is 1.29. The summed E-state index contributed by atoms with van der Waals surface area (Å²) in [6.45, 7) is 0.277. The maximum Gasteiger partial charge on any atom is 0.341 e. The number of carboxylic acid groups (broad SMARTS) is 1. The number of rotatable bonds is 5. The molecule has 0 spiro atoms. The number of pyridine rings is 1. The summed E-state index contributed by atoms with van der Waals surface area (Å²) < 4.78 is 7.08. The van der Waals surface area contributed by atoms with E-state index in [-0.39, 0.29) is 17.9 Å². The van der Waals surface area contributed by atoms with Crippen molar-refractivity contribution >= 4 is 22.4 Å². The number of nitrogen functional groups attached to an aromatic ring is 1. The third kappa shape index (κ3) is 3.44. The number of ether oxygens (including phenoxy) is 1. The van der Waals surface area contributed by atoms with Crippen molar-refractivity contribution in [3.05, 3.63) is 69.6 Å². The highest BCUT2D eigenvalue weighted by Gasteiger charge is 2.16. The van der Waals surface area contributed by atoms with Crippen LogP contribution < -0.4 is 15.9 Å². The number of aromatic nitrogens is 2. The molecule has 0 atom stereocenters. The first-order valence-electron chi connectivity index (χ1n) is 6.93. The van der Waals surface area contributed by atoms with Crippen molar-refractivity contribution in [3.63, 3.8) is 0 Å². The van der Waals surface area contributed by atoms with E-state index < -0.39 is 11.4 Å². The number of anilines is 1. The standard InChI is InChI=1S/C16H13N3O4S/c17-16-18-10(9-24-16)6-19-7-12(15(21)22)14(20)13(8-19)23-11-4-2-1-3-5-11/h1-5,7-9H,6H2,(H2,17,18)(H,21,22). The van der Waals surface area contributed by atoms with Crippen LogP contribution in [0.3, 0.4) is 0 Å². The molecule has 0 unspecified atom stereocenters. The highest BCUT2D eigenvalue weighted by Crippen LogP contribution is 2.19. The number of para-hydroxylation sites is 1. The van der Waals surface area contributed by atoms with Gasteiger partial charge in [0.15, 0.2) is 10.9 Å². The fourth-order valence-corrected chi connectivity index (χ4v) is 2.67. The lowest BCUT2D eigenvalue weighted by molar-refractivity contribution is 0.0694. The molecule has 1 aromatic carbocycles. The van der Waals surface area contributed by atoms with Crippen molar-refractivity contribution in [2.75, 3.05) is 5.73 Å². The topological polar surface area (TPSA) is 107 Å². The first-order valence-corrected chi connectivity index (χ1v) is 7.81. The lowest BCUT2D eigenvalue weighted by Crippen LogP contribution is -2.19. The van der Waals surface area contributed by atoms with Crippen LogP contribution in [0.1, 0.15) is 16.1 Å². The van der Waals surface area contributed by atoms with Crippen molar-refractivity contribution < 1.29 is 14.6 Å². The maximum absolute atomic E-state index is 12.3. The van der Waals surface area contributed by atoms with Crippen molar-refractivity contribution in [1.82, 2.24) is 9.55 Å². The van der Waals surface area contributed by atoms with Gasteiger partial charge in [-0.15, -0.1) is 11.3 Å². The molecule has 7 nitrogen and oxygen atoms in total. The molecule has 3 rings (SSSR count). The number of thiazole rings is 1. The lowest BCUT2D eigenvalue weighted by Gasteiger charge is -2.10. The van der Waals surface area contributed by atoms with Crippen molar-refractivity contribution in [2.24, 2.45) is 0 Å². The average molecular weight is 343 g/mol. The van der Waals surface area contributed by atoms with Gasteiger partial charge in [-0.3, -0.25) is 4.79 Å². The zero-order valence-electron chi connectivity index (χ0n) is 12.4. The van der Waals surface area contributed by atoms with Gasteiger partial charge in [0, 0.05) is 11.6 Å². The second-order valence-electron chi connectivity index (χ2n) is 4.93. The van der Waals surface area contributed by atoms with Gasteiger partial charge in [0.2, 0.25) is 5.43 Å². The van der Waals surface area contributed by atoms with Crippen molar-refractivity contribution in [3.8, 4) is 11.5 Å². The predicted octanol–water partition coefficient (Wildman–Crippen LogP) is 2.43. The van der Waals surface area contributed by atoms with Crippen LogP contribution in [0.15, 0.2) is 52.9 Å². The summed E-state index contributed by atoms with van der Waals surface area (Å²) in [7, 11) is 0. The van der Waals surface area contributed by atoms with Crippen LogP contribution >= 0.6 is 11.3 Å². The third-order valence-corrected chi connectivity index (χ3v) is 3.88. The molecule has 0 aliphatic carbocycles. The number of hydrogen-bond donors (Lipinski definition) is 2. The number of hydrogen-bond acceptors (Lipinski definition) is 6. The van der Waals surface area contributed by atoms with E-state index in [1.54, 1.807) is 29.6 Å². The van der Waals surface area contributed by atoms with Crippen LogP contribution in [-0.2, 0) is 6.54 Å². The molecule has 0 saturated carbocycles. The van der Waals surface area contributed by atoms with E-state index in [0.29, 0.717) is 16.6 Å². The fraction of sp³-hybridized carbons (Fsp3) is 0.0625. The number of carbonyl (C=O) groups is 1. The van der Waals surface area contributed by atoms with Crippen LogP contribution in [-0.4, -0.2) is 20.6 Å². The van der Waals surface area contributed by atoms with Crippen LogP contribution in [0.2, 0.25) is 0 Å². The molecule has 2 heterocycles. The molecule has 0 amide bonds. The minimum Gasteiger partial charge on any atom is -0.477 e. The summed E-state index contributed by atoms with van der Waals surface area (Å²) in [5, 5.41) is 11.4. The molecule has 0 fully saturated rings.